The molecule has 1 aromatic carbocycles. The Morgan fingerprint density at radius 1 is 1.46 bits per heavy atom. The molecule has 1 saturated heterocycles. The lowest BCUT2D eigenvalue weighted by molar-refractivity contribution is -0.133. The molecule has 1 atom stereocenters. The van der Waals surface area contributed by atoms with Crippen LogP contribution in [0.5, 0.6) is 0 Å². The van der Waals surface area contributed by atoms with Gasteiger partial charge in [0.05, 0.1) is 5.92 Å². The maximum absolute atomic E-state index is 13.3. The van der Waals surface area contributed by atoms with Gasteiger partial charge in [-0.1, -0.05) is 31.1 Å². The van der Waals surface area contributed by atoms with Crippen LogP contribution in [0.4, 0.5) is 4.39 Å². The number of benzene rings is 1. The van der Waals surface area contributed by atoms with E-state index in [9.17, 15) is 9.18 Å². The van der Waals surface area contributed by atoms with Crippen LogP contribution in [0, 0.1) is 11.7 Å². The summed E-state index contributed by atoms with van der Waals surface area (Å²) >= 11 is 0. The molecular weight excluding hydrogens is 309 g/mol. The zero-order valence-corrected chi connectivity index (χ0v) is 14.0. The number of aromatic nitrogens is 2. The van der Waals surface area contributed by atoms with Crippen molar-refractivity contribution in [3.63, 3.8) is 0 Å². The summed E-state index contributed by atoms with van der Waals surface area (Å²) in [7, 11) is 0. The topological polar surface area (TPSA) is 59.2 Å². The highest BCUT2D eigenvalue weighted by molar-refractivity contribution is 5.76. The Kier molecular flexibility index (Phi) is 4.92. The monoisotopic (exact) mass is 331 g/mol. The van der Waals surface area contributed by atoms with Gasteiger partial charge < -0.3 is 9.42 Å². The molecular formula is C18H22FN3O2. The number of rotatable bonds is 4. The molecule has 0 unspecified atom stereocenters. The molecule has 2 aromatic rings. The van der Waals surface area contributed by atoms with Gasteiger partial charge in [0.2, 0.25) is 17.6 Å². The van der Waals surface area contributed by atoms with Gasteiger partial charge in [-0.3, -0.25) is 4.79 Å². The maximum Gasteiger partial charge on any atom is 0.231 e. The van der Waals surface area contributed by atoms with Gasteiger partial charge in [-0.05, 0) is 30.9 Å². The largest absolute Gasteiger partial charge is 0.342 e. The Bertz CT molecular complexity index is 714. The molecule has 1 aromatic heterocycles. The molecule has 1 amide bonds. The Labute approximate surface area is 140 Å². The summed E-state index contributed by atoms with van der Waals surface area (Å²) in [6, 6.07) is 6.13. The first kappa shape index (κ1) is 16.6. The van der Waals surface area contributed by atoms with E-state index >= 15 is 0 Å². The number of halogens is 1. The van der Waals surface area contributed by atoms with Crippen LogP contribution in [-0.4, -0.2) is 34.0 Å². The van der Waals surface area contributed by atoms with E-state index in [0.717, 1.165) is 19.4 Å². The molecule has 128 valence electrons. The van der Waals surface area contributed by atoms with Crippen molar-refractivity contribution in [1.82, 2.24) is 15.0 Å². The van der Waals surface area contributed by atoms with Gasteiger partial charge in [0.25, 0.3) is 0 Å². The van der Waals surface area contributed by atoms with E-state index in [1.807, 2.05) is 18.7 Å². The van der Waals surface area contributed by atoms with Gasteiger partial charge in [-0.25, -0.2) is 4.39 Å². The fraction of sp³-hybridized carbons (Fsp3) is 0.500. The maximum atomic E-state index is 13.3. The lowest BCUT2D eigenvalue weighted by Gasteiger charge is -2.31. The van der Waals surface area contributed by atoms with Gasteiger partial charge in [0.1, 0.15) is 5.82 Å². The zero-order chi connectivity index (χ0) is 17.1. The van der Waals surface area contributed by atoms with Gasteiger partial charge in [-0.2, -0.15) is 4.98 Å². The molecule has 1 aliphatic heterocycles. The number of hydrogen-bond acceptors (Lipinski definition) is 4. The zero-order valence-electron chi connectivity index (χ0n) is 14.0. The third kappa shape index (κ3) is 3.80. The van der Waals surface area contributed by atoms with Crippen LogP contribution in [0.3, 0.4) is 0 Å². The van der Waals surface area contributed by atoms with E-state index < -0.39 is 0 Å². The predicted molar refractivity (Wildman–Crippen MR) is 87.7 cm³/mol. The van der Waals surface area contributed by atoms with Crippen LogP contribution in [0.25, 0.3) is 11.4 Å². The lowest BCUT2D eigenvalue weighted by atomic mass is 9.97. The first-order valence-electron chi connectivity index (χ1n) is 8.40. The molecule has 1 fully saturated rings. The van der Waals surface area contributed by atoms with Crippen LogP contribution in [0.2, 0.25) is 0 Å². The summed E-state index contributed by atoms with van der Waals surface area (Å²) in [5, 5.41) is 3.96. The third-order valence-corrected chi connectivity index (χ3v) is 4.23. The van der Waals surface area contributed by atoms with E-state index in [1.165, 1.54) is 12.1 Å². The highest BCUT2D eigenvalue weighted by atomic mass is 19.1. The number of piperidine rings is 1. The average molecular weight is 331 g/mol. The van der Waals surface area contributed by atoms with Crippen molar-refractivity contribution < 1.29 is 13.7 Å². The molecule has 6 heteroatoms. The molecule has 24 heavy (non-hydrogen) atoms. The first-order valence-corrected chi connectivity index (χ1v) is 8.40. The van der Waals surface area contributed by atoms with E-state index in [2.05, 4.69) is 10.1 Å². The van der Waals surface area contributed by atoms with Crippen LogP contribution >= 0.6 is 0 Å². The Morgan fingerprint density at radius 3 is 3.04 bits per heavy atom. The molecule has 0 bridgehead atoms. The highest BCUT2D eigenvalue weighted by Crippen LogP contribution is 2.28. The van der Waals surface area contributed by atoms with Gasteiger partial charge in [0.15, 0.2) is 0 Å². The van der Waals surface area contributed by atoms with Gasteiger partial charge in [-0.15, -0.1) is 0 Å². The Balaban J connectivity index is 1.71. The van der Waals surface area contributed by atoms with E-state index in [4.69, 9.17) is 4.52 Å². The molecule has 5 nitrogen and oxygen atoms in total. The highest BCUT2D eigenvalue weighted by Gasteiger charge is 2.28. The Morgan fingerprint density at radius 2 is 2.29 bits per heavy atom. The fourth-order valence-electron chi connectivity index (χ4n) is 3.03. The minimum absolute atomic E-state index is 0.0460. The number of likely N-dealkylation sites (tertiary alicyclic amines) is 1. The first-order chi connectivity index (χ1) is 11.5. The molecule has 0 aliphatic carbocycles. The van der Waals surface area contributed by atoms with Crippen LogP contribution in [0.15, 0.2) is 28.8 Å². The average Bonchev–Trinajstić information content (AvgIpc) is 3.04. The Hall–Kier alpha value is -2.24. The second-order valence-electron chi connectivity index (χ2n) is 6.74. The number of amides is 1. The minimum Gasteiger partial charge on any atom is -0.342 e. The van der Waals surface area contributed by atoms with E-state index in [0.29, 0.717) is 36.2 Å². The van der Waals surface area contributed by atoms with E-state index in [-0.39, 0.29) is 17.6 Å². The fourth-order valence-corrected chi connectivity index (χ4v) is 3.03. The molecule has 0 spiro atoms. The van der Waals surface area contributed by atoms with Crippen molar-refractivity contribution in [3.8, 4) is 11.4 Å². The summed E-state index contributed by atoms with van der Waals surface area (Å²) in [6.07, 6.45) is 2.40. The molecule has 0 saturated carbocycles. The van der Waals surface area contributed by atoms with Crippen molar-refractivity contribution in [1.29, 1.82) is 0 Å². The summed E-state index contributed by atoms with van der Waals surface area (Å²) in [6.45, 7) is 5.48. The van der Waals surface area contributed by atoms with Crippen LogP contribution in [0.1, 0.15) is 44.9 Å². The van der Waals surface area contributed by atoms with Crippen molar-refractivity contribution in [3.05, 3.63) is 36.0 Å². The number of carbonyl (C=O) groups is 1. The summed E-state index contributed by atoms with van der Waals surface area (Å²) in [5.41, 5.74) is 0.591. The van der Waals surface area contributed by atoms with Crippen molar-refractivity contribution >= 4 is 5.91 Å². The van der Waals surface area contributed by atoms with Gasteiger partial charge in [0, 0.05) is 25.1 Å². The van der Waals surface area contributed by atoms with Crippen LogP contribution in [-0.2, 0) is 4.79 Å². The molecule has 3 rings (SSSR count). The number of hydrogen-bond donors (Lipinski definition) is 0. The lowest BCUT2D eigenvalue weighted by Crippen LogP contribution is -2.39. The smallest absolute Gasteiger partial charge is 0.231 e. The molecule has 2 heterocycles. The minimum atomic E-state index is -0.332. The second-order valence-corrected chi connectivity index (χ2v) is 6.74. The molecule has 1 aliphatic rings. The number of nitrogens with zero attached hydrogens (tertiary/aromatic N) is 3. The summed E-state index contributed by atoms with van der Waals surface area (Å²) < 4.78 is 18.7. The quantitative estimate of drug-likeness (QED) is 0.858. The van der Waals surface area contributed by atoms with Crippen molar-refractivity contribution in [2.45, 2.75) is 39.0 Å². The van der Waals surface area contributed by atoms with Crippen molar-refractivity contribution in [2.24, 2.45) is 5.92 Å². The third-order valence-electron chi connectivity index (χ3n) is 4.23. The van der Waals surface area contributed by atoms with E-state index in [1.54, 1.807) is 12.1 Å². The number of carbonyl (C=O) groups excluding carboxylic acids is 1. The standard InChI is InChI=1S/C18H22FN3O2/c1-12(2)9-16(23)22-8-4-6-14(11-22)18-20-17(21-24-18)13-5-3-7-15(19)10-13/h3,5,7,10,12,14H,4,6,8-9,11H2,1-2H3/t14-/m1/s1. The van der Waals surface area contributed by atoms with Crippen molar-refractivity contribution in [2.75, 3.05) is 13.1 Å². The SMILES string of the molecule is CC(C)CC(=O)N1CCC[C@@H](c2nc(-c3cccc(F)c3)no2)C1. The summed E-state index contributed by atoms with van der Waals surface area (Å²) in [5.74, 6) is 1.15. The predicted octanol–water partition coefficient (Wildman–Crippen LogP) is 3.63. The normalized spacial score (nSPS) is 18.2. The second kappa shape index (κ2) is 7.11. The molecule has 0 radical (unpaired) electrons. The summed E-state index contributed by atoms with van der Waals surface area (Å²) in [4.78, 5) is 18.6. The van der Waals surface area contributed by atoms with Gasteiger partial charge >= 0.3 is 0 Å². The molecule has 0 N–H and O–H groups in total. The van der Waals surface area contributed by atoms with Crippen LogP contribution < -0.4 is 0 Å².